The molecule has 0 bridgehead atoms. The summed E-state index contributed by atoms with van der Waals surface area (Å²) in [4.78, 5) is 16.2. The number of aliphatic hydroxyl groups is 3. The molecule has 5 unspecified atom stereocenters. The summed E-state index contributed by atoms with van der Waals surface area (Å²) in [6.45, 7) is -0.372. The van der Waals surface area contributed by atoms with Crippen LogP contribution in [0.15, 0.2) is 20.0 Å². The normalized spacial score (nSPS) is 39.4. The number of hydrogen-bond donors (Lipinski definition) is 4. The average Bonchev–Trinajstić information content (AvgIpc) is 2.96. The maximum absolute atomic E-state index is 9.84. The van der Waals surface area contributed by atoms with Crippen molar-refractivity contribution in [2.24, 2.45) is 25.7 Å². The molecule has 0 aromatic carbocycles. The summed E-state index contributed by atoms with van der Waals surface area (Å²) in [5.41, 5.74) is 4.93. The lowest BCUT2D eigenvalue weighted by molar-refractivity contribution is -0.00801. The minimum Gasteiger partial charge on any atom is -0.394 e. The Bertz CT molecular complexity index is 534. The number of rotatable bonds is 2. The summed E-state index contributed by atoms with van der Waals surface area (Å²) < 4.78 is 5.34. The first-order valence-electron chi connectivity index (χ1n) is 5.91. The predicted molar refractivity (Wildman–Crippen MR) is 74.1 cm³/mol. The standard InChI is InChI=1S/C10H13N5O4S/c11-7-4-8(13-2-12-7)15-10(14-4)20-9-6(18)5(17)3(1-16)19-9/h2-6,9,16-18H,1H2,(H2,11,12,13,14,15). The fourth-order valence-corrected chi connectivity index (χ4v) is 3.02. The molecule has 0 amide bonds. The molecule has 108 valence electrons. The largest absolute Gasteiger partial charge is 0.394 e. The fourth-order valence-electron chi connectivity index (χ4n) is 2.00. The third kappa shape index (κ3) is 2.25. The van der Waals surface area contributed by atoms with Crippen LogP contribution in [0.25, 0.3) is 0 Å². The van der Waals surface area contributed by atoms with Crippen molar-refractivity contribution >= 4 is 34.9 Å². The molecule has 0 saturated carbocycles. The highest BCUT2D eigenvalue weighted by molar-refractivity contribution is 8.14. The van der Waals surface area contributed by atoms with E-state index >= 15 is 0 Å². The van der Waals surface area contributed by atoms with E-state index in [-0.39, 0.29) is 6.61 Å². The van der Waals surface area contributed by atoms with Crippen molar-refractivity contribution in [3.63, 3.8) is 0 Å². The van der Waals surface area contributed by atoms with Gasteiger partial charge in [-0.05, 0) is 0 Å². The van der Waals surface area contributed by atoms with E-state index < -0.39 is 29.8 Å². The first-order chi connectivity index (χ1) is 9.60. The van der Waals surface area contributed by atoms with Crippen LogP contribution in [0.1, 0.15) is 0 Å². The van der Waals surface area contributed by atoms with Gasteiger partial charge in [-0.1, -0.05) is 11.8 Å². The lowest BCUT2D eigenvalue weighted by atomic mass is 10.2. The summed E-state index contributed by atoms with van der Waals surface area (Å²) in [5.74, 6) is 0.738. The molecule has 1 saturated heterocycles. The van der Waals surface area contributed by atoms with Crippen LogP contribution in [0, 0.1) is 0 Å². The Morgan fingerprint density at radius 2 is 2.15 bits per heavy atom. The Kier molecular flexibility index (Phi) is 3.56. The van der Waals surface area contributed by atoms with E-state index in [1.54, 1.807) is 0 Å². The number of thioether (sulfide) groups is 1. The van der Waals surface area contributed by atoms with Gasteiger partial charge in [-0.25, -0.2) is 20.0 Å². The van der Waals surface area contributed by atoms with Crippen molar-refractivity contribution in [1.29, 1.82) is 0 Å². The highest BCUT2D eigenvalue weighted by Gasteiger charge is 2.44. The number of nitrogens with zero attached hydrogens (tertiary/aromatic N) is 4. The van der Waals surface area contributed by atoms with Gasteiger partial charge in [0, 0.05) is 0 Å². The molecule has 9 nitrogen and oxygen atoms in total. The van der Waals surface area contributed by atoms with Crippen molar-refractivity contribution in [2.75, 3.05) is 6.61 Å². The maximum Gasteiger partial charge on any atom is 0.188 e. The van der Waals surface area contributed by atoms with Gasteiger partial charge in [-0.2, -0.15) is 0 Å². The molecule has 3 aliphatic rings. The zero-order valence-corrected chi connectivity index (χ0v) is 11.0. The second kappa shape index (κ2) is 5.22. The monoisotopic (exact) mass is 299 g/mol. The Hall–Kier alpha value is -1.33. The number of hydrogen-bond acceptors (Lipinski definition) is 10. The maximum atomic E-state index is 9.84. The Balaban J connectivity index is 1.71. The minimum atomic E-state index is -1.14. The van der Waals surface area contributed by atoms with Crippen molar-refractivity contribution < 1.29 is 20.1 Å². The fraction of sp³-hybridized carbons (Fsp3) is 0.600. The Labute approximate surface area is 118 Å². The van der Waals surface area contributed by atoms with Gasteiger partial charge in [0.25, 0.3) is 0 Å². The van der Waals surface area contributed by atoms with Crippen molar-refractivity contribution in [1.82, 2.24) is 0 Å². The number of amidine groups is 3. The van der Waals surface area contributed by atoms with E-state index in [4.69, 9.17) is 15.6 Å². The molecule has 3 rings (SSSR count). The molecule has 5 atom stereocenters. The lowest BCUT2D eigenvalue weighted by Gasteiger charge is -2.12. The second-order valence-corrected chi connectivity index (χ2v) is 5.47. The third-order valence-electron chi connectivity index (χ3n) is 3.09. The highest BCUT2D eigenvalue weighted by atomic mass is 32.2. The molecule has 5 N–H and O–H groups in total. The zero-order chi connectivity index (χ0) is 14.3. The van der Waals surface area contributed by atoms with Gasteiger partial charge in [0.15, 0.2) is 17.0 Å². The van der Waals surface area contributed by atoms with Crippen LogP contribution in [0.2, 0.25) is 0 Å². The van der Waals surface area contributed by atoms with E-state index in [0.29, 0.717) is 16.8 Å². The summed E-state index contributed by atoms with van der Waals surface area (Å²) in [5, 5.41) is 28.9. The number of fused-ring (bicyclic) bond motifs is 1. The highest BCUT2D eigenvalue weighted by Crippen LogP contribution is 2.32. The lowest BCUT2D eigenvalue weighted by Crippen LogP contribution is -2.34. The van der Waals surface area contributed by atoms with Crippen LogP contribution in [0.3, 0.4) is 0 Å². The molecular weight excluding hydrogens is 286 g/mol. The van der Waals surface area contributed by atoms with Gasteiger partial charge in [0.1, 0.15) is 35.9 Å². The summed E-state index contributed by atoms with van der Waals surface area (Å²) in [6, 6.07) is -0.500. The number of aliphatic imine (C=N–C) groups is 4. The summed E-state index contributed by atoms with van der Waals surface area (Å²) >= 11 is 1.05. The first kappa shape index (κ1) is 13.6. The molecule has 0 aliphatic carbocycles. The van der Waals surface area contributed by atoms with Crippen LogP contribution in [0.5, 0.6) is 0 Å². The smallest absolute Gasteiger partial charge is 0.188 e. The first-order valence-corrected chi connectivity index (χ1v) is 6.79. The van der Waals surface area contributed by atoms with Crippen molar-refractivity contribution in [2.45, 2.75) is 29.8 Å². The molecule has 0 aromatic rings. The average molecular weight is 299 g/mol. The van der Waals surface area contributed by atoms with E-state index in [1.807, 2.05) is 0 Å². The quantitative estimate of drug-likeness (QED) is 0.451. The molecule has 0 spiro atoms. The summed E-state index contributed by atoms with van der Waals surface area (Å²) in [6.07, 6.45) is -1.78. The van der Waals surface area contributed by atoms with Gasteiger partial charge < -0.3 is 25.8 Å². The predicted octanol–water partition coefficient (Wildman–Crippen LogP) is -2.31. The van der Waals surface area contributed by atoms with E-state index in [9.17, 15) is 10.2 Å². The van der Waals surface area contributed by atoms with Crippen LogP contribution in [-0.2, 0) is 4.74 Å². The van der Waals surface area contributed by atoms with Crippen molar-refractivity contribution in [3.05, 3.63) is 0 Å². The second-order valence-electron chi connectivity index (χ2n) is 4.41. The Morgan fingerprint density at radius 1 is 1.35 bits per heavy atom. The van der Waals surface area contributed by atoms with Crippen LogP contribution in [-0.4, -0.2) is 74.9 Å². The SMILES string of the molecule is NC1=NC=NC2=NC(SC3OC(CO)C(O)C3O)=NC12. The zero-order valence-electron chi connectivity index (χ0n) is 10.2. The third-order valence-corrected chi connectivity index (χ3v) is 4.12. The minimum absolute atomic E-state index is 0.301. The van der Waals surface area contributed by atoms with Gasteiger partial charge in [0.05, 0.1) is 6.61 Å². The number of nitrogens with two attached hydrogens (primary N) is 1. The van der Waals surface area contributed by atoms with Crippen LogP contribution < -0.4 is 5.73 Å². The molecule has 0 radical (unpaired) electrons. The molecule has 0 aromatic heterocycles. The molecule has 20 heavy (non-hydrogen) atoms. The van der Waals surface area contributed by atoms with Gasteiger partial charge in [-0.3, -0.25) is 0 Å². The molecule has 3 heterocycles. The number of aliphatic hydroxyl groups excluding tert-OH is 3. The van der Waals surface area contributed by atoms with Gasteiger partial charge >= 0.3 is 0 Å². The van der Waals surface area contributed by atoms with E-state index in [2.05, 4.69) is 20.0 Å². The van der Waals surface area contributed by atoms with Crippen LogP contribution >= 0.6 is 11.8 Å². The summed E-state index contributed by atoms with van der Waals surface area (Å²) in [7, 11) is 0. The molecule has 10 heteroatoms. The topological polar surface area (TPSA) is 145 Å². The molecule has 1 fully saturated rings. The van der Waals surface area contributed by atoms with Gasteiger partial charge in [0.2, 0.25) is 0 Å². The Morgan fingerprint density at radius 3 is 2.80 bits per heavy atom. The van der Waals surface area contributed by atoms with Crippen LogP contribution in [0.4, 0.5) is 0 Å². The molecule has 3 aliphatic heterocycles. The molecular formula is C10H13N5O4S. The van der Waals surface area contributed by atoms with Crippen molar-refractivity contribution in [3.8, 4) is 0 Å². The van der Waals surface area contributed by atoms with E-state index in [1.165, 1.54) is 6.34 Å². The van der Waals surface area contributed by atoms with Gasteiger partial charge in [-0.15, -0.1) is 0 Å². The van der Waals surface area contributed by atoms with E-state index in [0.717, 1.165) is 11.8 Å². The number of ether oxygens (including phenoxy) is 1.